The number of hydrogen-bond acceptors (Lipinski definition) is 3. The van der Waals surface area contributed by atoms with Crippen LogP contribution in [0, 0.1) is 10.1 Å². The molecule has 0 aliphatic carbocycles. The summed E-state index contributed by atoms with van der Waals surface area (Å²) in [6.45, 7) is 0. The molecule has 64 valence electrons. The van der Waals surface area contributed by atoms with Crippen molar-refractivity contribution in [3.05, 3.63) is 34.4 Å². The molecule has 1 aromatic rings. The molecule has 0 atom stereocenters. The fourth-order valence-corrected chi connectivity index (χ4v) is 0.574. The number of non-ortho nitro benzene ring substituents is 1. The molecule has 0 fully saturated rings. The number of halogens is 1. The van der Waals surface area contributed by atoms with Gasteiger partial charge in [-0.1, -0.05) is 0 Å². The van der Waals surface area contributed by atoms with Crippen LogP contribution < -0.4 is 0 Å². The van der Waals surface area contributed by atoms with E-state index in [1.165, 1.54) is 24.3 Å². The van der Waals surface area contributed by atoms with Crippen molar-refractivity contribution in [1.29, 1.82) is 0 Å². The molecule has 1 rings (SSSR count). The summed E-state index contributed by atoms with van der Waals surface area (Å²) < 4.78 is 0. The number of nitro groups is 1. The van der Waals surface area contributed by atoms with Gasteiger partial charge in [0.2, 0.25) is 0 Å². The fourth-order valence-electron chi connectivity index (χ4n) is 0.574. The van der Waals surface area contributed by atoms with E-state index in [0.717, 1.165) is 0 Å². The third kappa shape index (κ3) is 4.25. The summed E-state index contributed by atoms with van der Waals surface area (Å²) >= 11 is 0. The molecule has 0 spiro atoms. The molecule has 0 bridgehead atoms. The molecule has 6 heteroatoms. The van der Waals surface area contributed by atoms with Crippen molar-refractivity contribution in [2.24, 2.45) is 0 Å². The quantitative estimate of drug-likeness (QED) is 0.476. The zero-order valence-corrected chi connectivity index (χ0v) is 10.1. The van der Waals surface area contributed by atoms with E-state index >= 15 is 0 Å². The van der Waals surface area contributed by atoms with Crippen LogP contribution in [0.5, 0.6) is 5.75 Å². The molecule has 0 unspecified atom stereocenters. The number of benzene rings is 1. The van der Waals surface area contributed by atoms with Gasteiger partial charge < -0.3 is 7.96 Å². The van der Waals surface area contributed by atoms with Gasteiger partial charge in [-0.15, -0.1) is 17.0 Å². The summed E-state index contributed by atoms with van der Waals surface area (Å²) in [4.78, 5) is 9.52. The number of nitro benzene ring substituents is 1. The Kier molecular flexibility index (Phi) is 8.13. The van der Waals surface area contributed by atoms with Crippen LogP contribution in [0.4, 0.5) is 5.69 Å². The van der Waals surface area contributed by atoms with Gasteiger partial charge in [0.15, 0.2) is 0 Å². The first kappa shape index (κ1) is 14.7. The van der Waals surface area contributed by atoms with Crippen LogP contribution in [0.25, 0.3) is 0 Å². The first-order chi connectivity index (χ1) is 4.70. The van der Waals surface area contributed by atoms with Crippen LogP contribution >= 0.6 is 17.0 Å². The predicted molar refractivity (Wildman–Crippen MR) is 53.1 cm³/mol. The van der Waals surface area contributed by atoms with Gasteiger partial charge in [-0.05, 0) is 12.1 Å². The molecule has 0 heterocycles. The molecule has 12 heavy (non-hydrogen) atoms. The third-order valence-corrected chi connectivity index (χ3v) is 1.06. The van der Waals surface area contributed by atoms with Gasteiger partial charge in [-0.2, -0.15) is 0 Å². The zero-order chi connectivity index (χ0) is 7.56. The maximum Gasteiger partial charge on any atom is 2.00 e. The number of nitrogens with zero attached hydrogens (tertiary/aromatic N) is 1. The van der Waals surface area contributed by atoms with Crippen LogP contribution in [0.15, 0.2) is 24.3 Å². The van der Waals surface area contributed by atoms with Gasteiger partial charge in [-0.25, -0.2) is 0 Å². The average Bonchev–Trinajstić information content (AvgIpc) is 1.88. The van der Waals surface area contributed by atoms with E-state index < -0.39 is 4.92 Å². The van der Waals surface area contributed by atoms with E-state index in [4.69, 9.17) is 5.11 Å². The molecule has 0 aromatic heterocycles. The Labute approximate surface area is 112 Å². The van der Waals surface area contributed by atoms with E-state index in [0.29, 0.717) is 0 Å². The summed E-state index contributed by atoms with van der Waals surface area (Å²) in [5.41, 5.74) is -0.0159. The van der Waals surface area contributed by atoms with Crippen molar-refractivity contribution >= 4 is 60.4 Å². The largest absolute Gasteiger partial charge is 2.00 e. The predicted octanol–water partition coefficient (Wildman–Crippen LogP) is 1.72. The molecule has 4 nitrogen and oxygen atoms in total. The standard InChI is InChI=1S/C6H5NO3.BrH.Ca.2H/c8-6-3-1-5(2-4-6)7(9)10;;;;/h1-4,8H;1H;;;/q;;+2;2*-1. The van der Waals surface area contributed by atoms with Gasteiger partial charge >= 0.3 is 37.7 Å². The number of aromatic hydroxyl groups is 1. The van der Waals surface area contributed by atoms with Crippen molar-refractivity contribution < 1.29 is 12.9 Å². The number of rotatable bonds is 1. The molecule has 1 N–H and O–H groups in total. The van der Waals surface area contributed by atoms with Crippen LogP contribution in [-0.4, -0.2) is 47.8 Å². The average molecular weight is 262 g/mol. The molecule has 0 aliphatic rings. The molecule has 0 saturated heterocycles. The number of hydrogen-bond donors (Lipinski definition) is 1. The van der Waals surface area contributed by atoms with E-state index in [9.17, 15) is 10.1 Å². The Bertz CT molecular complexity index is 260. The Morgan fingerprint density at radius 2 is 1.75 bits per heavy atom. The number of phenolic OH excluding ortho intramolecular Hbond substituents is 1. The third-order valence-electron chi connectivity index (χ3n) is 1.06. The van der Waals surface area contributed by atoms with Crippen molar-refractivity contribution in [3.8, 4) is 5.75 Å². The van der Waals surface area contributed by atoms with E-state index in [1.54, 1.807) is 0 Å². The molecule has 0 aliphatic heterocycles. The zero-order valence-electron chi connectivity index (χ0n) is 8.14. The van der Waals surface area contributed by atoms with Crippen LogP contribution in [0.2, 0.25) is 0 Å². The smallest absolute Gasteiger partial charge is 1.00 e. The van der Waals surface area contributed by atoms with E-state index in [2.05, 4.69) is 0 Å². The van der Waals surface area contributed by atoms with Crippen molar-refractivity contribution in [2.45, 2.75) is 0 Å². The SMILES string of the molecule is Br.O=[N+]([O-])c1ccc(O)cc1.[Ca+2].[H-].[H-]. The molecule has 0 saturated carbocycles. The first-order valence-electron chi connectivity index (χ1n) is 2.63. The van der Waals surface area contributed by atoms with E-state index in [-0.39, 0.29) is 69.0 Å². The van der Waals surface area contributed by atoms with Crippen LogP contribution in [0.1, 0.15) is 2.85 Å². The summed E-state index contributed by atoms with van der Waals surface area (Å²) in [5.74, 6) is 0.0330. The molecular weight excluding hydrogens is 254 g/mol. The number of phenols is 1. The van der Waals surface area contributed by atoms with Crippen molar-refractivity contribution in [2.75, 3.05) is 0 Å². The van der Waals surface area contributed by atoms with Crippen molar-refractivity contribution in [1.82, 2.24) is 0 Å². The summed E-state index contributed by atoms with van der Waals surface area (Å²) in [6, 6.07) is 5.04. The summed E-state index contributed by atoms with van der Waals surface area (Å²) in [5, 5.41) is 18.8. The fraction of sp³-hybridized carbons (Fsp3) is 0. The van der Waals surface area contributed by atoms with Gasteiger partial charge in [0.05, 0.1) is 4.92 Å². The topological polar surface area (TPSA) is 63.4 Å². The first-order valence-corrected chi connectivity index (χ1v) is 2.63. The minimum Gasteiger partial charge on any atom is -1.00 e. The molecular formula is C6H8BrCaNO3. The maximum atomic E-state index is 10.0. The minimum absolute atomic E-state index is 0. The summed E-state index contributed by atoms with van der Waals surface area (Å²) in [7, 11) is 0. The second kappa shape index (κ2) is 6.65. The normalized spacial score (nSPS) is 7.67. The Morgan fingerprint density at radius 1 is 1.33 bits per heavy atom. The Hall–Kier alpha value is 0.160. The second-order valence-corrected chi connectivity index (χ2v) is 1.77. The van der Waals surface area contributed by atoms with Gasteiger partial charge in [-0.3, -0.25) is 10.1 Å². The van der Waals surface area contributed by atoms with Crippen LogP contribution in [-0.2, 0) is 0 Å². The Morgan fingerprint density at radius 3 is 2.08 bits per heavy atom. The van der Waals surface area contributed by atoms with E-state index in [1.807, 2.05) is 0 Å². The van der Waals surface area contributed by atoms with Crippen LogP contribution in [0.3, 0.4) is 0 Å². The van der Waals surface area contributed by atoms with Gasteiger partial charge in [0.1, 0.15) is 5.75 Å². The monoisotopic (exact) mass is 261 g/mol. The van der Waals surface area contributed by atoms with Crippen molar-refractivity contribution in [3.63, 3.8) is 0 Å². The molecule has 1 aromatic carbocycles. The molecule has 0 radical (unpaired) electrons. The minimum atomic E-state index is -0.514. The van der Waals surface area contributed by atoms with Gasteiger partial charge in [0.25, 0.3) is 5.69 Å². The van der Waals surface area contributed by atoms with Gasteiger partial charge in [0, 0.05) is 12.1 Å². The molecule has 0 amide bonds. The summed E-state index contributed by atoms with van der Waals surface area (Å²) in [6.07, 6.45) is 0. The maximum absolute atomic E-state index is 10.0. The Balaban J connectivity index is -0.000000125. The second-order valence-electron chi connectivity index (χ2n) is 1.77.